The lowest BCUT2D eigenvalue weighted by molar-refractivity contribution is -0.254. The lowest BCUT2D eigenvalue weighted by atomic mass is 10.1. The van der Waals surface area contributed by atoms with Crippen LogP contribution in [0.3, 0.4) is 0 Å². The van der Waals surface area contributed by atoms with E-state index >= 15 is 0 Å². The standard InChI is InChI=1S/C17H15Cl2NO4/c18-11-7-8-15(13(19)10-11)24-9-3-6-16(21)20-14-5-2-1-4-12(14)17(22)23/h1-2,4-5,7-8,10H,3,6,9H2,(H,20,21)(H,22,23)/p-1. The first-order valence-corrected chi connectivity index (χ1v) is 7.91. The van der Waals surface area contributed by atoms with Crippen molar-refractivity contribution in [2.45, 2.75) is 12.8 Å². The number of carbonyl (C=O) groups excluding carboxylic acids is 2. The van der Waals surface area contributed by atoms with Gasteiger partial charge in [-0.15, -0.1) is 0 Å². The number of nitrogens with one attached hydrogen (secondary N) is 1. The van der Waals surface area contributed by atoms with Crippen LogP contribution >= 0.6 is 23.2 Å². The molecule has 0 spiro atoms. The zero-order valence-corrected chi connectivity index (χ0v) is 14.1. The summed E-state index contributed by atoms with van der Waals surface area (Å²) < 4.78 is 5.48. The molecule has 0 fully saturated rings. The first-order chi connectivity index (χ1) is 11.5. The third-order valence-corrected chi connectivity index (χ3v) is 3.65. The van der Waals surface area contributed by atoms with Crippen LogP contribution < -0.4 is 15.2 Å². The van der Waals surface area contributed by atoms with Crippen LogP contribution in [0.15, 0.2) is 42.5 Å². The van der Waals surface area contributed by atoms with Gasteiger partial charge in [0.1, 0.15) is 5.75 Å². The van der Waals surface area contributed by atoms with Gasteiger partial charge in [-0.2, -0.15) is 0 Å². The maximum Gasteiger partial charge on any atom is 0.224 e. The number of carboxylic acid groups (broad SMARTS) is 1. The van der Waals surface area contributed by atoms with Crippen molar-refractivity contribution in [2.24, 2.45) is 0 Å². The minimum absolute atomic E-state index is 0.0601. The molecule has 0 atom stereocenters. The molecule has 0 aliphatic rings. The summed E-state index contributed by atoms with van der Waals surface area (Å²) in [6, 6.07) is 11.0. The van der Waals surface area contributed by atoms with Gasteiger partial charge in [-0.1, -0.05) is 41.4 Å². The van der Waals surface area contributed by atoms with E-state index in [9.17, 15) is 14.7 Å². The number of carbonyl (C=O) groups is 2. The molecule has 0 heterocycles. The molecule has 2 rings (SSSR count). The Morgan fingerprint density at radius 3 is 2.58 bits per heavy atom. The molecule has 0 saturated heterocycles. The molecule has 24 heavy (non-hydrogen) atoms. The van der Waals surface area contributed by atoms with Gasteiger partial charge in [-0.25, -0.2) is 0 Å². The van der Waals surface area contributed by atoms with Crippen LogP contribution in [0.25, 0.3) is 0 Å². The second-order valence-corrected chi connectivity index (χ2v) is 5.75. The Hall–Kier alpha value is -2.24. The highest BCUT2D eigenvalue weighted by molar-refractivity contribution is 6.35. The summed E-state index contributed by atoms with van der Waals surface area (Å²) in [7, 11) is 0. The van der Waals surface area contributed by atoms with E-state index in [4.69, 9.17) is 27.9 Å². The number of hydrogen-bond acceptors (Lipinski definition) is 4. The Balaban J connectivity index is 1.81. The van der Waals surface area contributed by atoms with E-state index in [1.807, 2.05) is 0 Å². The van der Waals surface area contributed by atoms with Crippen molar-refractivity contribution in [1.29, 1.82) is 0 Å². The minimum atomic E-state index is -1.34. The smallest absolute Gasteiger partial charge is 0.224 e. The number of carboxylic acids is 1. The first-order valence-electron chi connectivity index (χ1n) is 7.15. The first kappa shape index (κ1) is 18.1. The average molecular weight is 367 g/mol. The molecule has 0 aliphatic heterocycles. The number of halogens is 2. The Kier molecular flexibility index (Phi) is 6.46. The van der Waals surface area contributed by atoms with Crippen LogP contribution in [-0.2, 0) is 4.79 Å². The van der Waals surface area contributed by atoms with Crippen molar-refractivity contribution in [1.82, 2.24) is 0 Å². The number of ether oxygens (including phenoxy) is 1. The van der Waals surface area contributed by atoms with Crippen LogP contribution in [0.2, 0.25) is 10.0 Å². The van der Waals surface area contributed by atoms with E-state index in [1.165, 1.54) is 12.1 Å². The SMILES string of the molecule is O=C(CCCOc1ccc(Cl)cc1Cl)Nc1ccccc1C(=O)[O-]. The van der Waals surface area contributed by atoms with Crippen LogP contribution in [0.1, 0.15) is 23.2 Å². The molecule has 126 valence electrons. The van der Waals surface area contributed by atoms with Gasteiger partial charge in [0, 0.05) is 22.7 Å². The fourth-order valence-corrected chi connectivity index (χ4v) is 2.45. The van der Waals surface area contributed by atoms with Gasteiger partial charge in [-0.05, 0) is 30.7 Å². The monoisotopic (exact) mass is 366 g/mol. The molecule has 0 unspecified atom stereocenters. The van der Waals surface area contributed by atoms with Crippen molar-refractivity contribution in [2.75, 3.05) is 11.9 Å². The number of anilines is 1. The molecule has 7 heteroatoms. The number of para-hydroxylation sites is 1. The predicted octanol–water partition coefficient (Wildman–Crippen LogP) is 3.15. The van der Waals surface area contributed by atoms with Crippen LogP contribution in [0.4, 0.5) is 5.69 Å². The number of aromatic carboxylic acids is 1. The summed E-state index contributed by atoms with van der Waals surface area (Å²) in [5, 5.41) is 14.4. The van der Waals surface area contributed by atoms with E-state index in [-0.39, 0.29) is 30.2 Å². The average Bonchev–Trinajstić information content (AvgIpc) is 2.53. The molecule has 1 N–H and O–H groups in total. The normalized spacial score (nSPS) is 10.2. The molecular formula is C17H14Cl2NO4-. The molecule has 0 aliphatic carbocycles. The number of amides is 1. The molecule has 2 aromatic rings. The Morgan fingerprint density at radius 1 is 1.12 bits per heavy atom. The number of benzene rings is 2. The molecule has 0 saturated carbocycles. The molecule has 0 bridgehead atoms. The van der Waals surface area contributed by atoms with E-state index in [2.05, 4.69) is 5.32 Å². The Morgan fingerprint density at radius 2 is 1.88 bits per heavy atom. The van der Waals surface area contributed by atoms with Crippen LogP contribution in [0.5, 0.6) is 5.75 Å². The van der Waals surface area contributed by atoms with Gasteiger partial charge >= 0.3 is 0 Å². The molecule has 2 aromatic carbocycles. The van der Waals surface area contributed by atoms with Crippen molar-refractivity contribution < 1.29 is 19.4 Å². The maximum absolute atomic E-state index is 11.9. The third kappa shape index (κ3) is 5.15. The lowest BCUT2D eigenvalue weighted by Crippen LogP contribution is -2.24. The van der Waals surface area contributed by atoms with E-state index in [0.717, 1.165) is 0 Å². The van der Waals surface area contributed by atoms with Crippen LogP contribution in [0, 0.1) is 0 Å². The Labute approximate surface area is 149 Å². The van der Waals surface area contributed by atoms with Crippen LogP contribution in [-0.4, -0.2) is 18.5 Å². The van der Waals surface area contributed by atoms with Gasteiger partial charge in [0.05, 0.1) is 17.6 Å². The lowest BCUT2D eigenvalue weighted by Gasteiger charge is -2.12. The van der Waals surface area contributed by atoms with Crippen molar-refractivity contribution in [3.63, 3.8) is 0 Å². The molecule has 5 nitrogen and oxygen atoms in total. The van der Waals surface area contributed by atoms with E-state index in [1.54, 1.807) is 30.3 Å². The summed E-state index contributed by atoms with van der Waals surface area (Å²) in [5.41, 5.74) is 0.152. The zero-order valence-electron chi connectivity index (χ0n) is 12.6. The molecule has 1 amide bonds. The number of rotatable bonds is 7. The second kappa shape index (κ2) is 8.57. The predicted molar refractivity (Wildman–Crippen MR) is 90.6 cm³/mol. The van der Waals surface area contributed by atoms with Crippen molar-refractivity contribution in [3.05, 3.63) is 58.1 Å². The number of hydrogen-bond donors (Lipinski definition) is 1. The summed E-state index contributed by atoms with van der Waals surface area (Å²) in [5.74, 6) is -1.16. The maximum atomic E-state index is 11.9. The fraction of sp³-hybridized carbons (Fsp3) is 0.176. The molecule has 0 radical (unpaired) electrons. The minimum Gasteiger partial charge on any atom is -0.545 e. The van der Waals surface area contributed by atoms with Gasteiger partial charge in [0.2, 0.25) is 5.91 Å². The zero-order chi connectivity index (χ0) is 17.5. The van der Waals surface area contributed by atoms with Crippen molar-refractivity contribution in [3.8, 4) is 5.75 Å². The van der Waals surface area contributed by atoms with Gasteiger partial charge in [0.15, 0.2) is 0 Å². The van der Waals surface area contributed by atoms with Gasteiger partial charge in [0.25, 0.3) is 0 Å². The summed E-state index contributed by atoms with van der Waals surface area (Å²) in [6.45, 7) is 0.289. The highest BCUT2D eigenvalue weighted by Gasteiger charge is 2.08. The summed E-state index contributed by atoms with van der Waals surface area (Å²) in [4.78, 5) is 22.9. The fourth-order valence-electron chi connectivity index (χ4n) is 1.99. The summed E-state index contributed by atoms with van der Waals surface area (Å²) >= 11 is 11.8. The highest BCUT2D eigenvalue weighted by atomic mass is 35.5. The van der Waals surface area contributed by atoms with Crippen molar-refractivity contribution >= 4 is 40.8 Å². The van der Waals surface area contributed by atoms with E-state index in [0.29, 0.717) is 22.2 Å². The van der Waals surface area contributed by atoms with E-state index < -0.39 is 5.97 Å². The molecule has 0 aromatic heterocycles. The molecular weight excluding hydrogens is 353 g/mol. The summed E-state index contributed by atoms with van der Waals surface area (Å²) in [6.07, 6.45) is 0.616. The highest BCUT2D eigenvalue weighted by Crippen LogP contribution is 2.27. The Bertz CT molecular complexity index is 749. The second-order valence-electron chi connectivity index (χ2n) is 4.91. The topological polar surface area (TPSA) is 78.5 Å². The quantitative estimate of drug-likeness (QED) is 0.763. The third-order valence-electron chi connectivity index (χ3n) is 3.12. The largest absolute Gasteiger partial charge is 0.545 e. The van der Waals surface area contributed by atoms with Gasteiger partial charge in [-0.3, -0.25) is 4.79 Å². The van der Waals surface area contributed by atoms with Gasteiger partial charge < -0.3 is 20.0 Å².